The van der Waals surface area contributed by atoms with Crippen molar-refractivity contribution in [2.75, 3.05) is 12.0 Å². The Morgan fingerprint density at radius 1 is 1.00 bits per heavy atom. The minimum atomic E-state index is -0.867. The number of hydrogen-bond acceptors (Lipinski definition) is 5. The van der Waals surface area contributed by atoms with Crippen LogP contribution in [0.5, 0.6) is 5.75 Å². The second-order valence-corrected chi connectivity index (χ2v) is 8.58. The maximum atomic E-state index is 13.2. The van der Waals surface area contributed by atoms with E-state index in [1.165, 1.54) is 24.1 Å². The zero-order valence-corrected chi connectivity index (χ0v) is 19.6. The fourth-order valence-electron chi connectivity index (χ4n) is 4.10. The molecule has 1 atom stereocenters. The normalized spacial score (nSPS) is 17.5. The summed E-state index contributed by atoms with van der Waals surface area (Å²) in [5.41, 5.74) is 3.19. The Kier molecular flexibility index (Phi) is 6.15. The standard InChI is InChI=1S/C25H20Cl2N2O4/c1-13-8-14(2)10-17(9-13)29-21(15-4-6-28-7-5-15)20(23(31)25(29)32)22(30)16-11-18(26)24(33-3)19(27)12-16/h4-12,21,30H,1-3H3/b22-20+. The number of benzene rings is 2. The number of halogens is 2. The predicted octanol–water partition coefficient (Wildman–Crippen LogP) is 5.64. The first kappa shape index (κ1) is 22.8. The zero-order chi connectivity index (χ0) is 23.9. The molecule has 0 aliphatic carbocycles. The SMILES string of the molecule is COc1c(Cl)cc(/C(O)=C2\C(=O)C(=O)N(c3cc(C)cc(C)c3)C2c2ccncc2)cc1Cl. The lowest BCUT2D eigenvalue weighted by molar-refractivity contribution is -0.132. The van der Waals surface area contributed by atoms with Crippen molar-refractivity contribution in [3.8, 4) is 5.75 Å². The summed E-state index contributed by atoms with van der Waals surface area (Å²) in [6.45, 7) is 3.83. The molecule has 4 rings (SSSR count). The number of carbonyl (C=O) groups excluding carboxylic acids is 2. The van der Waals surface area contributed by atoms with Crippen LogP contribution in [0.1, 0.15) is 28.3 Å². The van der Waals surface area contributed by atoms with Crippen molar-refractivity contribution >= 4 is 46.3 Å². The number of aliphatic hydroxyl groups excluding tert-OH is 1. The number of ketones is 1. The molecule has 33 heavy (non-hydrogen) atoms. The van der Waals surface area contributed by atoms with Crippen LogP contribution in [-0.2, 0) is 9.59 Å². The number of rotatable bonds is 4. The topological polar surface area (TPSA) is 79.7 Å². The number of Topliss-reactive ketones (excluding diaryl/α,β-unsaturated/α-hetero) is 1. The average Bonchev–Trinajstić information content (AvgIpc) is 3.03. The highest BCUT2D eigenvalue weighted by Crippen LogP contribution is 2.44. The smallest absolute Gasteiger partial charge is 0.300 e. The number of aromatic nitrogens is 1. The Hall–Kier alpha value is -3.35. The van der Waals surface area contributed by atoms with Gasteiger partial charge in [0.1, 0.15) is 5.76 Å². The largest absolute Gasteiger partial charge is 0.507 e. The minimum absolute atomic E-state index is 0.0670. The first-order valence-electron chi connectivity index (χ1n) is 10.1. The summed E-state index contributed by atoms with van der Waals surface area (Å²) in [6, 6.07) is 11.0. The second-order valence-electron chi connectivity index (χ2n) is 7.77. The Labute approximate surface area is 201 Å². The van der Waals surface area contributed by atoms with Gasteiger partial charge < -0.3 is 9.84 Å². The monoisotopic (exact) mass is 482 g/mol. The molecule has 1 N–H and O–H groups in total. The van der Waals surface area contributed by atoms with E-state index in [0.29, 0.717) is 11.3 Å². The molecule has 8 heteroatoms. The number of hydrogen-bond donors (Lipinski definition) is 1. The van der Waals surface area contributed by atoms with Gasteiger partial charge in [0.2, 0.25) is 0 Å². The van der Waals surface area contributed by atoms with Gasteiger partial charge in [0, 0.05) is 23.6 Å². The average molecular weight is 483 g/mol. The third-order valence-electron chi connectivity index (χ3n) is 5.43. The van der Waals surface area contributed by atoms with E-state index in [1.54, 1.807) is 24.5 Å². The number of nitrogens with zero attached hydrogens (tertiary/aromatic N) is 2. The number of carbonyl (C=O) groups is 2. The van der Waals surface area contributed by atoms with E-state index in [4.69, 9.17) is 27.9 Å². The molecular formula is C25H20Cl2N2O4. The fraction of sp³-hybridized carbons (Fsp3) is 0.160. The first-order chi connectivity index (χ1) is 15.7. The number of methoxy groups -OCH3 is 1. The van der Waals surface area contributed by atoms with Crippen LogP contribution in [0.3, 0.4) is 0 Å². The highest BCUT2D eigenvalue weighted by molar-refractivity contribution is 6.51. The van der Waals surface area contributed by atoms with E-state index in [1.807, 2.05) is 32.0 Å². The van der Waals surface area contributed by atoms with Crippen LogP contribution in [-0.4, -0.2) is 28.9 Å². The van der Waals surface area contributed by atoms with Crippen LogP contribution in [0.4, 0.5) is 5.69 Å². The number of anilines is 1. The summed E-state index contributed by atoms with van der Waals surface area (Å²) in [5, 5.41) is 11.6. The summed E-state index contributed by atoms with van der Waals surface area (Å²) in [7, 11) is 1.42. The lowest BCUT2D eigenvalue weighted by atomic mass is 9.95. The fourth-order valence-corrected chi connectivity index (χ4v) is 4.74. The molecule has 3 aromatic rings. The lowest BCUT2D eigenvalue weighted by Crippen LogP contribution is -2.29. The van der Waals surface area contributed by atoms with Crippen molar-refractivity contribution in [2.45, 2.75) is 19.9 Å². The lowest BCUT2D eigenvalue weighted by Gasteiger charge is -2.26. The van der Waals surface area contributed by atoms with Crippen molar-refractivity contribution in [3.63, 3.8) is 0 Å². The molecule has 2 heterocycles. The molecule has 1 aliphatic rings. The van der Waals surface area contributed by atoms with Crippen molar-refractivity contribution in [2.24, 2.45) is 0 Å². The molecule has 1 saturated heterocycles. The summed E-state index contributed by atoms with van der Waals surface area (Å²) in [4.78, 5) is 31.9. The third-order valence-corrected chi connectivity index (χ3v) is 5.99. The zero-order valence-electron chi connectivity index (χ0n) is 18.1. The molecule has 1 unspecified atom stereocenters. The van der Waals surface area contributed by atoms with Gasteiger partial charge in [0.25, 0.3) is 11.7 Å². The number of aryl methyl sites for hydroxylation is 2. The maximum Gasteiger partial charge on any atom is 0.300 e. The molecule has 1 aliphatic heterocycles. The second kappa shape index (κ2) is 8.89. The highest BCUT2D eigenvalue weighted by atomic mass is 35.5. The third kappa shape index (κ3) is 4.08. The van der Waals surface area contributed by atoms with Gasteiger partial charge in [-0.3, -0.25) is 19.5 Å². The van der Waals surface area contributed by atoms with E-state index < -0.39 is 17.7 Å². The molecule has 2 aromatic carbocycles. The van der Waals surface area contributed by atoms with E-state index >= 15 is 0 Å². The minimum Gasteiger partial charge on any atom is -0.507 e. The van der Waals surface area contributed by atoms with Crippen molar-refractivity contribution < 1.29 is 19.4 Å². The number of amides is 1. The molecule has 1 amide bonds. The van der Waals surface area contributed by atoms with Crippen LogP contribution in [0.15, 0.2) is 60.4 Å². The van der Waals surface area contributed by atoms with E-state index in [0.717, 1.165) is 11.1 Å². The summed E-state index contributed by atoms with van der Waals surface area (Å²) >= 11 is 12.5. The summed E-state index contributed by atoms with van der Waals surface area (Å²) in [5.74, 6) is -1.68. The summed E-state index contributed by atoms with van der Waals surface area (Å²) in [6.07, 6.45) is 3.14. The molecule has 0 radical (unpaired) electrons. The molecule has 6 nitrogen and oxygen atoms in total. The quantitative estimate of drug-likeness (QED) is 0.295. The van der Waals surface area contributed by atoms with E-state index in [2.05, 4.69) is 4.98 Å². The maximum absolute atomic E-state index is 13.2. The Morgan fingerprint density at radius 3 is 2.12 bits per heavy atom. The van der Waals surface area contributed by atoms with Crippen molar-refractivity contribution in [3.05, 3.63) is 92.7 Å². The van der Waals surface area contributed by atoms with Gasteiger partial charge in [0.15, 0.2) is 5.75 Å². The van der Waals surface area contributed by atoms with Gasteiger partial charge in [-0.05, 0) is 66.9 Å². The summed E-state index contributed by atoms with van der Waals surface area (Å²) < 4.78 is 5.16. The molecular weight excluding hydrogens is 463 g/mol. The van der Waals surface area contributed by atoms with Crippen LogP contribution >= 0.6 is 23.2 Å². The Balaban J connectivity index is 1.97. The Morgan fingerprint density at radius 2 is 1.58 bits per heavy atom. The van der Waals surface area contributed by atoms with Gasteiger partial charge >= 0.3 is 0 Å². The van der Waals surface area contributed by atoms with Gasteiger partial charge in [-0.15, -0.1) is 0 Å². The van der Waals surface area contributed by atoms with Gasteiger partial charge in [-0.2, -0.15) is 0 Å². The first-order valence-corrected chi connectivity index (χ1v) is 10.8. The molecule has 0 spiro atoms. The van der Waals surface area contributed by atoms with Crippen LogP contribution in [0.2, 0.25) is 10.0 Å². The predicted molar refractivity (Wildman–Crippen MR) is 128 cm³/mol. The van der Waals surface area contributed by atoms with Crippen LogP contribution < -0.4 is 9.64 Å². The molecule has 1 aromatic heterocycles. The van der Waals surface area contributed by atoms with Crippen molar-refractivity contribution in [1.29, 1.82) is 0 Å². The van der Waals surface area contributed by atoms with E-state index in [-0.39, 0.29) is 32.7 Å². The number of aliphatic hydroxyl groups is 1. The number of ether oxygens (including phenoxy) is 1. The molecule has 1 fully saturated rings. The van der Waals surface area contributed by atoms with Gasteiger partial charge in [-0.1, -0.05) is 29.3 Å². The van der Waals surface area contributed by atoms with Gasteiger partial charge in [0.05, 0.1) is 28.8 Å². The van der Waals surface area contributed by atoms with Gasteiger partial charge in [-0.25, -0.2) is 0 Å². The molecule has 0 bridgehead atoms. The molecule has 168 valence electrons. The van der Waals surface area contributed by atoms with Crippen LogP contribution in [0, 0.1) is 13.8 Å². The van der Waals surface area contributed by atoms with Crippen molar-refractivity contribution in [1.82, 2.24) is 4.98 Å². The number of pyridine rings is 1. The highest BCUT2D eigenvalue weighted by Gasteiger charge is 2.47. The Bertz CT molecular complexity index is 1260. The van der Waals surface area contributed by atoms with Crippen LogP contribution in [0.25, 0.3) is 5.76 Å². The van der Waals surface area contributed by atoms with E-state index in [9.17, 15) is 14.7 Å². The molecule has 0 saturated carbocycles.